The van der Waals surface area contributed by atoms with Crippen molar-refractivity contribution in [3.05, 3.63) is 59.9 Å². The zero-order valence-corrected chi connectivity index (χ0v) is 15.7. The predicted octanol–water partition coefficient (Wildman–Crippen LogP) is 3.10. The maximum Gasteiger partial charge on any atom is 0.270 e. The minimum atomic E-state index is 0.0658. The number of hydrogen-bond donors (Lipinski definition) is 1. The van der Waals surface area contributed by atoms with Gasteiger partial charge in [0.2, 0.25) is 5.91 Å². The normalized spacial score (nSPS) is 19.0. The molecule has 0 aliphatic carbocycles. The number of carbonyl (C=O) groups is 2. The second kappa shape index (κ2) is 7.59. The molecule has 2 fully saturated rings. The second-order valence-electron chi connectivity index (χ2n) is 7.96. The summed E-state index contributed by atoms with van der Waals surface area (Å²) in [5.41, 5.74) is 2.04. The van der Waals surface area contributed by atoms with Crippen LogP contribution in [0.4, 0.5) is 0 Å². The second-order valence-corrected chi connectivity index (χ2v) is 7.96. The van der Waals surface area contributed by atoms with Gasteiger partial charge in [0.1, 0.15) is 5.69 Å². The first kappa shape index (κ1) is 17.8. The molecule has 2 aromatic rings. The van der Waals surface area contributed by atoms with Crippen LogP contribution in [-0.4, -0.2) is 52.8 Å². The molecule has 142 valence electrons. The predicted molar refractivity (Wildman–Crippen MR) is 104 cm³/mol. The third kappa shape index (κ3) is 3.92. The third-order valence-electron chi connectivity index (χ3n) is 6.08. The Balaban J connectivity index is 1.28. The van der Waals surface area contributed by atoms with Crippen molar-refractivity contribution in [2.24, 2.45) is 5.41 Å². The number of H-pyrrole nitrogens is 1. The maximum atomic E-state index is 12.5. The highest BCUT2D eigenvalue weighted by Gasteiger charge is 2.45. The molecule has 1 aromatic carbocycles. The molecule has 3 heterocycles. The lowest BCUT2D eigenvalue weighted by molar-refractivity contribution is -0.127. The Labute approximate surface area is 160 Å². The van der Waals surface area contributed by atoms with Crippen molar-refractivity contribution in [1.82, 2.24) is 14.8 Å². The Hall–Kier alpha value is -2.56. The topological polar surface area (TPSA) is 56.4 Å². The number of nitrogens with zero attached hydrogens (tertiary/aromatic N) is 2. The number of carbonyl (C=O) groups excluding carboxylic acids is 2. The lowest BCUT2D eigenvalue weighted by Crippen LogP contribution is -2.44. The first-order valence-electron chi connectivity index (χ1n) is 9.90. The summed E-state index contributed by atoms with van der Waals surface area (Å²) in [5, 5.41) is 0. The number of hydrogen-bond acceptors (Lipinski definition) is 2. The van der Waals surface area contributed by atoms with Gasteiger partial charge in [-0.25, -0.2) is 0 Å². The summed E-state index contributed by atoms with van der Waals surface area (Å²) in [7, 11) is 0. The summed E-state index contributed by atoms with van der Waals surface area (Å²) in [6.07, 6.45) is 6.27. The molecule has 1 spiro atoms. The van der Waals surface area contributed by atoms with Crippen LogP contribution in [0.15, 0.2) is 48.7 Å². The summed E-state index contributed by atoms with van der Waals surface area (Å²) in [5.74, 6) is 0.353. The van der Waals surface area contributed by atoms with E-state index in [1.54, 1.807) is 6.20 Å². The van der Waals surface area contributed by atoms with Gasteiger partial charge in [-0.05, 0) is 43.4 Å². The van der Waals surface area contributed by atoms with E-state index in [-0.39, 0.29) is 17.2 Å². The maximum absolute atomic E-state index is 12.5. The molecule has 5 heteroatoms. The minimum absolute atomic E-state index is 0.0658. The van der Waals surface area contributed by atoms with E-state index in [9.17, 15) is 9.59 Å². The number of rotatable bonds is 5. The molecule has 2 aliphatic heterocycles. The van der Waals surface area contributed by atoms with Crippen molar-refractivity contribution < 1.29 is 9.59 Å². The fourth-order valence-electron chi connectivity index (χ4n) is 4.46. The Kier molecular flexibility index (Phi) is 5.01. The van der Waals surface area contributed by atoms with Gasteiger partial charge >= 0.3 is 0 Å². The van der Waals surface area contributed by atoms with Gasteiger partial charge in [-0.3, -0.25) is 9.59 Å². The molecule has 2 aliphatic rings. The first-order valence-corrected chi connectivity index (χ1v) is 9.90. The Bertz CT molecular complexity index is 777. The van der Waals surface area contributed by atoms with Gasteiger partial charge in [0.05, 0.1) is 0 Å². The number of aromatic amines is 1. The van der Waals surface area contributed by atoms with Gasteiger partial charge < -0.3 is 14.8 Å². The molecule has 1 N–H and O–H groups in total. The van der Waals surface area contributed by atoms with Crippen molar-refractivity contribution in [1.29, 1.82) is 0 Å². The van der Waals surface area contributed by atoms with Crippen LogP contribution in [0, 0.1) is 5.41 Å². The van der Waals surface area contributed by atoms with E-state index in [2.05, 4.69) is 29.2 Å². The molecule has 0 unspecified atom stereocenters. The van der Waals surface area contributed by atoms with Gasteiger partial charge in [0.25, 0.3) is 5.91 Å². The van der Waals surface area contributed by atoms with Crippen molar-refractivity contribution in [2.75, 3.05) is 26.2 Å². The van der Waals surface area contributed by atoms with Crippen LogP contribution in [0.3, 0.4) is 0 Å². The highest BCUT2D eigenvalue weighted by Crippen LogP contribution is 2.41. The Morgan fingerprint density at radius 2 is 1.85 bits per heavy atom. The fraction of sp³-hybridized carbons (Fsp3) is 0.455. The molecule has 1 aromatic heterocycles. The first-order chi connectivity index (χ1) is 13.2. The zero-order valence-electron chi connectivity index (χ0n) is 15.7. The summed E-state index contributed by atoms with van der Waals surface area (Å²) < 4.78 is 0. The Morgan fingerprint density at radius 1 is 1.07 bits per heavy atom. The average Bonchev–Trinajstić information content (AvgIpc) is 3.32. The number of piperidine rings is 1. The largest absolute Gasteiger partial charge is 0.357 e. The number of likely N-dealkylation sites (tertiary alicyclic amines) is 2. The minimum Gasteiger partial charge on any atom is -0.357 e. The smallest absolute Gasteiger partial charge is 0.270 e. The molecule has 0 saturated carbocycles. The van der Waals surface area contributed by atoms with E-state index in [0.717, 1.165) is 51.9 Å². The lowest BCUT2D eigenvalue weighted by atomic mass is 9.77. The van der Waals surface area contributed by atoms with E-state index >= 15 is 0 Å². The van der Waals surface area contributed by atoms with Crippen LogP contribution >= 0.6 is 0 Å². The highest BCUT2D eigenvalue weighted by molar-refractivity contribution is 5.92. The van der Waals surface area contributed by atoms with E-state index in [0.29, 0.717) is 12.1 Å². The molecule has 0 bridgehead atoms. The zero-order chi connectivity index (χ0) is 18.7. The van der Waals surface area contributed by atoms with Crippen molar-refractivity contribution in [3.63, 3.8) is 0 Å². The van der Waals surface area contributed by atoms with Gasteiger partial charge in [-0.1, -0.05) is 30.3 Å². The monoisotopic (exact) mass is 365 g/mol. The Morgan fingerprint density at radius 3 is 2.56 bits per heavy atom. The van der Waals surface area contributed by atoms with Crippen LogP contribution in [0.5, 0.6) is 0 Å². The van der Waals surface area contributed by atoms with Crippen LogP contribution in [0.25, 0.3) is 0 Å². The fourth-order valence-corrected chi connectivity index (χ4v) is 4.46. The highest BCUT2D eigenvalue weighted by atomic mass is 16.2. The van der Waals surface area contributed by atoms with Crippen molar-refractivity contribution in [3.8, 4) is 0 Å². The lowest BCUT2D eigenvalue weighted by Gasteiger charge is -2.38. The van der Waals surface area contributed by atoms with Crippen LogP contribution < -0.4 is 0 Å². The van der Waals surface area contributed by atoms with Gasteiger partial charge in [0.15, 0.2) is 0 Å². The van der Waals surface area contributed by atoms with Crippen molar-refractivity contribution in [2.45, 2.75) is 32.1 Å². The van der Waals surface area contributed by atoms with Gasteiger partial charge in [-0.15, -0.1) is 0 Å². The number of benzene rings is 1. The van der Waals surface area contributed by atoms with Crippen LogP contribution in [0.1, 0.15) is 41.7 Å². The molecular formula is C22H27N3O2. The number of aromatic nitrogens is 1. The van der Waals surface area contributed by atoms with E-state index in [4.69, 9.17) is 0 Å². The molecular weight excluding hydrogens is 338 g/mol. The summed E-state index contributed by atoms with van der Waals surface area (Å²) >= 11 is 0. The quantitative estimate of drug-likeness (QED) is 0.885. The molecule has 2 saturated heterocycles. The third-order valence-corrected chi connectivity index (χ3v) is 6.08. The molecule has 5 nitrogen and oxygen atoms in total. The van der Waals surface area contributed by atoms with Gasteiger partial charge in [0, 0.05) is 44.2 Å². The van der Waals surface area contributed by atoms with Crippen LogP contribution in [0.2, 0.25) is 0 Å². The molecule has 0 radical (unpaired) electrons. The molecule has 4 rings (SSSR count). The van der Waals surface area contributed by atoms with E-state index in [1.807, 2.05) is 28.0 Å². The van der Waals surface area contributed by atoms with Crippen LogP contribution in [-0.2, 0) is 11.2 Å². The molecule has 0 atom stereocenters. The molecule has 2 amide bonds. The van der Waals surface area contributed by atoms with E-state index in [1.165, 1.54) is 5.56 Å². The summed E-state index contributed by atoms with van der Waals surface area (Å²) in [4.78, 5) is 32.0. The number of nitrogens with one attached hydrogen (secondary N) is 1. The SMILES string of the molecule is O=C1CC2(CCN(C(=O)c3ccc[nH]3)CC2)CN1CCCc1ccccc1. The number of aryl methyl sites for hydroxylation is 1. The number of amides is 2. The standard InChI is InChI=1S/C22H27N3O2/c26-20-16-22(17-25(20)13-5-8-18-6-2-1-3-7-18)10-14-24(15-11-22)21(27)19-9-4-12-23-19/h1-4,6-7,9,12,23H,5,8,10-11,13-17H2. The summed E-state index contributed by atoms with van der Waals surface area (Å²) in [6, 6.07) is 14.1. The molecule has 27 heavy (non-hydrogen) atoms. The van der Waals surface area contributed by atoms with E-state index < -0.39 is 0 Å². The van der Waals surface area contributed by atoms with Crippen molar-refractivity contribution >= 4 is 11.8 Å². The summed E-state index contributed by atoms with van der Waals surface area (Å²) in [6.45, 7) is 3.16. The average molecular weight is 365 g/mol. The van der Waals surface area contributed by atoms with Gasteiger partial charge in [-0.2, -0.15) is 0 Å².